The third kappa shape index (κ3) is 7.27. The lowest BCUT2D eigenvalue weighted by atomic mass is 10.2. The second-order valence-corrected chi connectivity index (χ2v) is 1.73. The summed E-state index contributed by atoms with van der Waals surface area (Å²) in [5.41, 5.74) is 0. The van der Waals surface area contributed by atoms with E-state index in [1.165, 1.54) is 6.92 Å². The monoisotopic (exact) mass is 134 g/mol. The number of Topliss-reactive ketones (excluding diaryl/α,β-unsaturated/α-hetero) is 1. The lowest BCUT2D eigenvalue weighted by molar-refractivity contribution is -0.116. The Balaban J connectivity index is 3.31. The van der Waals surface area contributed by atoms with Crippen molar-refractivity contribution in [1.29, 1.82) is 0 Å². The van der Waals surface area contributed by atoms with E-state index in [9.17, 15) is 13.6 Å². The Hall–Kier alpha value is -0.730. The second kappa shape index (κ2) is 4.18. The molecule has 0 N–H and O–H groups in total. The molecule has 0 aromatic carbocycles. The van der Waals surface area contributed by atoms with E-state index in [4.69, 9.17) is 0 Å². The molecule has 1 nitrogen and oxygen atoms in total. The van der Waals surface area contributed by atoms with Crippen molar-refractivity contribution in [3.63, 3.8) is 0 Å². The van der Waals surface area contributed by atoms with Crippen molar-refractivity contribution in [2.75, 3.05) is 0 Å². The van der Waals surface area contributed by atoms with E-state index in [0.29, 0.717) is 0 Å². The molecule has 52 valence electrons. The maximum Gasteiger partial charge on any atom is 0.266 e. The number of allylic oxidation sites excluding steroid dienone is 1. The second-order valence-electron chi connectivity index (χ2n) is 1.73. The number of hydrogen-bond acceptors (Lipinski definition) is 1. The molecule has 0 fully saturated rings. The molecule has 0 aliphatic carbocycles. The van der Waals surface area contributed by atoms with Crippen molar-refractivity contribution in [3.05, 3.63) is 12.2 Å². The van der Waals surface area contributed by atoms with Gasteiger partial charge in [-0.15, -0.1) is 0 Å². The molecule has 0 unspecified atom stereocenters. The fraction of sp³-hybridized carbons (Fsp3) is 0.500. The average Bonchev–Trinajstić information content (AvgIpc) is 1.63. The SMILES string of the molecule is CC(=O)CCC=C(F)F. The zero-order chi connectivity index (χ0) is 7.28. The molecule has 0 heterocycles. The van der Waals surface area contributed by atoms with Crippen LogP contribution >= 0.6 is 0 Å². The van der Waals surface area contributed by atoms with Crippen LogP contribution in [0.4, 0.5) is 8.78 Å². The summed E-state index contributed by atoms with van der Waals surface area (Å²) in [6.45, 7) is 1.38. The molecule has 9 heavy (non-hydrogen) atoms. The van der Waals surface area contributed by atoms with Crippen LogP contribution in [0.25, 0.3) is 0 Å². The predicted octanol–water partition coefficient (Wildman–Crippen LogP) is 2.14. The quantitative estimate of drug-likeness (QED) is 0.577. The number of ketones is 1. The first-order chi connectivity index (χ1) is 4.13. The summed E-state index contributed by atoms with van der Waals surface area (Å²) in [6.07, 6.45) is -0.604. The molecular formula is C6H8F2O. The van der Waals surface area contributed by atoms with Crippen molar-refractivity contribution in [2.24, 2.45) is 0 Å². The van der Waals surface area contributed by atoms with E-state index in [-0.39, 0.29) is 18.6 Å². The topological polar surface area (TPSA) is 17.1 Å². The molecule has 3 heteroatoms. The highest BCUT2D eigenvalue weighted by Crippen LogP contribution is 2.00. The summed E-state index contributed by atoms with van der Waals surface area (Å²) in [6, 6.07) is 0. The van der Waals surface area contributed by atoms with Gasteiger partial charge in [-0.05, 0) is 19.4 Å². The van der Waals surface area contributed by atoms with Gasteiger partial charge < -0.3 is 4.79 Å². The van der Waals surface area contributed by atoms with Crippen LogP contribution < -0.4 is 0 Å². The fourth-order valence-corrected chi connectivity index (χ4v) is 0.385. The maximum atomic E-state index is 11.2. The largest absolute Gasteiger partial charge is 0.300 e. The Labute approximate surface area is 52.4 Å². The smallest absolute Gasteiger partial charge is 0.266 e. The molecule has 0 rings (SSSR count). The molecule has 0 spiro atoms. The van der Waals surface area contributed by atoms with Gasteiger partial charge in [0.25, 0.3) is 6.08 Å². The van der Waals surface area contributed by atoms with E-state index >= 15 is 0 Å². The van der Waals surface area contributed by atoms with Gasteiger partial charge in [0.05, 0.1) is 0 Å². The van der Waals surface area contributed by atoms with E-state index in [0.717, 1.165) is 6.08 Å². The summed E-state index contributed by atoms with van der Waals surface area (Å²) < 4.78 is 22.5. The van der Waals surface area contributed by atoms with Gasteiger partial charge in [0.2, 0.25) is 0 Å². The molecule has 0 aliphatic rings. The Morgan fingerprint density at radius 2 is 2.11 bits per heavy atom. The Morgan fingerprint density at radius 3 is 2.44 bits per heavy atom. The minimum atomic E-state index is -1.71. The van der Waals surface area contributed by atoms with Gasteiger partial charge in [0, 0.05) is 6.42 Å². The van der Waals surface area contributed by atoms with Crippen LogP contribution in [0.15, 0.2) is 12.2 Å². The maximum absolute atomic E-state index is 11.2. The molecule has 0 aromatic heterocycles. The van der Waals surface area contributed by atoms with Crippen molar-refractivity contribution in [2.45, 2.75) is 19.8 Å². The van der Waals surface area contributed by atoms with Crippen molar-refractivity contribution >= 4 is 5.78 Å². The molecule has 0 aromatic rings. The minimum absolute atomic E-state index is 0.0625. The summed E-state index contributed by atoms with van der Waals surface area (Å²) in [4.78, 5) is 10.2. The number of halogens is 2. The molecule has 0 radical (unpaired) electrons. The lowest BCUT2D eigenvalue weighted by Crippen LogP contribution is -1.86. The molecule has 0 aliphatic heterocycles. The van der Waals surface area contributed by atoms with Gasteiger partial charge in [-0.2, -0.15) is 8.78 Å². The summed E-state index contributed by atoms with van der Waals surface area (Å²) in [5.74, 6) is -0.0625. The van der Waals surface area contributed by atoms with Crippen molar-refractivity contribution in [1.82, 2.24) is 0 Å². The van der Waals surface area contributed by atoms with Crippen LogP contribution in [0.1, 0.15) is 19.8 Å². The minimum Gasteiger partial charge on any atom is -0.300 e. The van der Waals surface area contributed by atoms with E-state index in [2.05, 4.69) is 0 Å². The number of hydrogen-bond donors (Lipinski definition) is 0. The normalized spacial score (nSPS) is 8.78. The highest BCUT2D eigenvalue weighted by Gasteiger charge is 1.91. The number of carbonyl (C=O) groups excluding carboxylic acids is 1. The van der Waals surface area contributed by atoms with Gasteiger partial charge in [0.15, 0.2) is 0 Å². The molecule has 0 saturated heterocycles. The zero-order valence-corrected chi connectivity index (χ0v) is 5.16. The molecule has 0 saturated carbocycles. The van der Waals surface area contributed by atoms with E-state index in [1.807, 2.05) is 0 Å². The van der Waals surface area contributed by atoms with Crippen LogP contribution in [0, 0.1) is 0 Å². The van der Waals surface area contributed by atoms with Crippen LogP contribution in [0.3, 0.4) is 0 Å². The Morgan fingerprint density at radius 1 is 1.56 bits per heavy atom. The molecule has 0 amide bonds. The molecule has 0 atom stereocenters. The van der Waals surface area contributed by atoms with Crippen LogP contribution in [0.2, 0.25) is 0 Å². The summed E-state index contributed by atoms with van der Waals surface area (Å²) >= 11 is 0. The van der Waals surface area contributed by atoms with E-state index < -0.39 is 6.08 Å². The van der Waals surface area contributed by atoms with Crippen LogP contribution in [-0.2, 0) is 4.79 Å². The van der Waals surface area contributed by atoms with Gasteiger partial charge in [-0.3, -0.25) is 0 Å². The first kappa shape index (κ1) is 8.27. The summed E-state index contributed by atoms with van der Waals surface area (Å²) in [5, 5.41) is 0. The summed E-state index contributed by atoms with van der Waals surface area (Å²) in [7, 11) is 0. The first-order valence-electron chi connectivity index (χ1n) is 2.63. The van der Waals surface area contributed by atoms with Gasteiger partial charge in [0.1, 0.15) is 5.78 Å². The van der Waals surface area contributed by atoms with Crippen LogP contribution in [0.5, 0.6) is 0 Å². The van der Waals surface area contributed by atoms with Gasteiger partial charge in [-0.1, -0.05) is 0 Å². The average molecular weight is 134 g/mol. The van der Waals surface area contributed by atoms with Gasteiger partial charge >= 0.3 is 0 Å². The first-order valence-corrected chi connectivity index (χ1v) is 2.63. The zero-order valence-electron chi connectivity index (χ0n) is 5.16. The number of carbonyl (C=O) groups is 1. The molecular weight excluding hydrogens is 126 g/mol. The lowest BCUT2D eigenvalue weighted by Gasteiger charge is -1.85. The fourth-order valence-electron chi connectivity index (χ4n) is 0.385. The van der Waals surface area contributed by atoms with Crippen molar-refractivity contribution in [3.8, 4) is 0 Å². The third-order valence-corrected chi connectivity index (χ3v) is 0.795. The Bertz CT molecular complexity index is 125. The van der Waals surface area contributed by atoms with Crippen molar-refractivity contribution < 1.29 is 13.6 Å². The standard InChI is InChI=1S/C6H8F2O/c1-5(9)3-2-4-6(7)8/h4H,2-3H2,1H3. The van der Waals surface area contributed by atoms with Crippen LogP contribution in [-0.4, -0.2) is 5.78 Å². The Kier molecular flexibility index (Phi) is 3.84. The highest BCUT2D eigenvalue weighted by atomic mass is 19.3. The highest BCUT2D eigenvalue weighted by molar-refractivity contribution is 5.75. The van der Waals surface area contributed by atoms with E-state index in [1.54, 1.807) is 0 Å². The predicted molar refractivity (Wildman–Crippen MR) is 30.2 cm³/mol. The molecule has 0 bridgehead atoms. The number of rotatable bonds is 3. The van der Waals surface area contributed by atoms with Gasteiger partial charge in [-0.25, -0.2) is 0 Å². The third-order valence-electron chi connectivity index (χ3n) is 0.795.